The maximum atomic E-state index is 13.1. The molecule has 4 rings (SSSR count). The van der Waals surface area contributed by atoms with Crippen molar-refractivity contribution >= 4 is 34.9 Å². The van der Waals surface area contributed by atoms with E-state index in [4.69, 9.17) is 0 Å². The standard InChI is InChI=1S/C22H19F3N6OS/c1-2-5-15-12-19(31-20(28-15)26-13-27-31)33-16-10-8-14(9-11-16)29-21(32)30-18-7-4-3-6-17(18)22(23,24)25/h3-4,6-13H,2,5H2,1H3,(H2,29,30,32). The minimum Gasteiger partial charge on any atom is -0.308 e. The highest BCUT2D eigenvalue weighted by atomic mass is 32.2. The number of amides is 2. The van der Waals surface area contributed by atoms with Gasteiger partial charge in [0.15, 0.2) is 0 Å². The average molecular weight is 472 g/mol. The largest absolute Gasteiger partial charge is 0.418 e. The van der Waals surface area contributed by atoms with Crippen molar-refractivity contribution in [3.63, 3.8) is 0 Å². The Kier molecular flexibility index (Phi) is 6.50. The molecule has 2 aromatic heterocycles. The fourth-order valence-corrected chi connectivity index (χ4v) is 4.06. The van der Waals surface area contributed by atoms with Gasteiger partial charge in [0.05, 0.1) is 11.3 Å². The number of carbonyl (C=O) groups excluding carboxylic acids is 1. The zero-order valence-corrected chi connectivity index (χ0v) is 18.2. The van der Waals surface area contributed by atoms with Gasteiger partial charge in [0.2, 0.25) is 0 Å². The van der Waals surface area contributed by atoms with Crippen molar-refractivity contribution in [3.05, 3.63) is 72.2 Å². The molecule has 0 bridgehead atoms. The molecule has 0 spiro atoms. The molecule has 2 amide bonds. The number of halogens is 3. The fourth-order valence-electron chi connectivity index (χ4n) is 3.14. The van der Waals surface area contributed by atoms with Crippen LogP contribution in [0.5, 0.6) is 0 Å². The topological polar surface area (TPSA) is 84.2 Å². The van der Waals surface area contributed by atoms with Gasteiger partial charge >= 0.3 is 12.2 Å². The van der Waals surface area contributed by atoms with Crippen molar-refractivity contribution in [1.29, 1.82) is 0 Å². The maximum Gasteiger partial charge on any atom is 0.418 e. The number of aromatic nitrogens is 4. The molecule has 170 valence electrons. The van der Waals surface area contributed by atoms with Crippen molar-refractivity contribution in [2.45, 2.75) is 35.9 Å². The lowest BCUT2D eigenvalue weighted by Crippen LogP contribution is -2.21. The van der Waals surface area contributed by atoms with Gasteiger partial charge in [-0.25, -0.2) is 9.78 Å². The van der Waals surface area contributed by atoms with Crippen LogP contribution in [0.25, 0.3) is 5.78 Å². The maximum absolute atomic E-state index is 13.1. The molecule has 0 atom stereocenters. The third kappa shape index (κ3) is 5.43. The molecule has 0 fully saturated rings. The van der Waals surface area contributed by atoms with E-state index in [1.807, 2.05) is 6.07 Å². The van der Waals surface area contributed by atoms with Crippen LogP contribution in [0.3, 0.4) is 0 Å². The molecule has 0 aliphatic rings. The lowest BCUT2D eigenvalue weighted by Gasteiger charge is -2.14. The summed E-state index contributed by atoms with van der Waals surface area (Å²) in [6.45, 7) is 2.08. The number of nitrogens with zero attached hydrogens (tertiary/aromatic N) is 4. The summed E-state index contributed by atoms with van der Waals surface area (Å²) in [7, 11) is 0. The Hall–Kier alpha value is -3.60. The first-order chi connectivity index (χ1) is 15.8. The van der Waals surface area contributed by atoms with Crippen molar-refractivity contribution in [1.82, 2.24) is 19.6 Å². The Labute approximate surface area is 191 Å². The number of urea groups is 1. The van der Waals surface area contributed by atoms with Crippen molar-refractivity contribution in [3.8, 4) is 0 Å². The molecule has 2 aromatic carbocycles. The van der Waals surface area contributed by atoms with Gasteiger partial charge in [-0.3, -0.25) is 0 Å². The Morgan fingerprint density at radius 2 is 1.85 bits per heavy atom. The van der Waals surface area contributed by atoms with E-state index in [9.17, 15) is 18.0 Å². The Morgan fingerprint density at radius 3 is 2.58 bits per heavy atom. The molecule has 0 aliphatic carbocycles. The fraction of sp³-hybridized carbons (Fsp3) is 0.182. The van der Waals surface area contributed by atoms with Gasteiger partial charge in [0.25, 0.3) is 5.78 Å². The van der Waals surface area contributed by atoms with E-state index in [0.29, 0.717) is 11.5 Å². The molecule has 33 heavy (non-hydrogen) atoms. The molecular formula is C22H19F3N6OS. The molecule has 0 saturated heterocycles. The smallest absolute Gasteiger partial charge is 0.308 e. The molecule has 11 heteroatoms. The van der Waals surface area contributed by atoms with Crippen LogP contribution in [0.1, 0.15) is 24.6 Å². The van der Waals surface area contributed by atoms with Crippen LogP contribution in [0.4, 0.5) is 29.3 Å². The van der Waals surface area contributed by atoms with Crippen LogP contribution in [0.2, 0.25) is 0 Å². The number of carbonyl (C=O) groups is 1. The quantitative estimate of drug-likeness (QED) is 0.342. The number of fused-ring (bicyclic) bond motifs is 1. The lowest BCUT2D eigenvalue weighted by molar-refractivity contribution is -0.136. The zero-order valence-electron chi connectivity index (χ0n) is 17.4. The third-order valence-electron chi connectivity index (χ3n) is 4.59. The molecule has 0 saturated carbocycles. The number of anilines is 2. The van der Waals surface area contributed by atoms with Crippen LogP contribution < -0.4 is 10.6 Å². The van der Waals surface area contributed by atoms with Crippen molar-refractivity contribution in [2.75, 3.05) is 10.6 Å². The second kappa shape index (κ2) is 9.49. The summed E-state index contributed by atoms with van der Waals surface area (Å²) >= 11 is 1.46. The first-order valence-electron chi connectivity index (χ1n) is 10.1. The molecule has 2 heterocycles. The zero-order chi connectivity index (χ0) is 23.4. The summed E-state index contributed by atoms with van der Waals surface area (Å²) in [5.41, 5.74) is 0.140. The van der Waals surface area contributed by atoms with Crippen LogP contribution in [0.15, 0.2) is 70.8 Å². The van der Waals surface area contributed by atoms with E-state index in [2.05, 4.69) is 32.6 Å². The highest BCUT2D eigenvalue weighted by Gasteiger charge is 2.33. The number of benzene rings is 2. The highest BCUT2D eigenvalue weighted by molar-refractivity contribution is 7.99. The molecular weight excluding hydrogens is 453 g/mol. The van der Waals surface area contributed by atoms with Crippen LogP contribution >= 0.6 is 11.8 Å². The van der Waals surface area contributed by atoms with Gasteiger partial charge in [-0.05, 0) is 48.9 Å². The van der Waals surface area contributed by atoms with E-state index >= 15 is 0 Å². The number of rotatable bonds is 6. The Balaban J connectivity index is 1.45. The first-order valence-corrected chi connectivity index (χ1v) is 10.9. The number of nitrogens with one attached hydrogen (secondary N) is 2. The predicted octanol–water partition coefficient (Wildman–Crippen LogP) is 5.89. The van der Waals surface area contributed by atoms with Gasteiger partial charge in [0.1, 0.15) is 11.4 Å². The van der Waals surface area contributed by atoms with Gasteiger partial charge < -0.3 is 10.6 Å². The minimum atomic E-state index is -4.57. The summed E-state index contributed by atoms with van der Waals surface area (Å²) in [6, 6.07) is 12.9. The SMILES string of the molecule is CCCc1cc(Sc2ccc(NC(=O)Nc3ccccc3C(F)(F)F)cc2)n2ncnc2n1. The van der Waals surface area contributed by atoms with E-state index in [1.54, 1.807) is 28.8 Å². The molecule has 4 aromatic rings. The number of para-hydroxylation sites is 1. The van der Waals surface area contributed by atoms with Crippen LogP contribution in [-0.4, -0.2) is 25.6 Å². The lowest BCUT2D eigenvalue weighted by atomic mass is 10.1. The number of hydrogen-bond acceptors (Lipinski definition) is 5. The molecule has 0 unspecified atom stereocenters. The van der Waals surface area contributed by atoms with E-state index in [-0.39, 0.29) is 5.69 Å². The first kappa shape index (κ1) is 22.6. The average Bonchev–Trinajstić information content (AvgIpc) is 3.24. The minimum absolute atomic E-state index is 0.313. The number of hydrogen-bond donors (Lipinski definition) is 2. The van der Waals surface area contributed by atoms with Gasteiger partial charge in [0, 0.05) is 16.3 Å². The van der Waals surface area contributed by atoms with E-state index in [1.165, 1.54) is 36.3 Å². The van der Waals surface area contributed by atoms with Gasteiger partial charge in [-0.2, -0.15) is 27.8 Å². The summed E-state index contributed by atoms with van der Waals surface area (Å²) in [5, 5.41) is 9.87. The van der Waals surface area contributed by atoms with Gasteiger partial charge in [-0.15, -0.1) is 0 Å². The second-order valence-electron chi connectivity index (χ2n) is 7.06. The summed E-state index contributed by atoms with van der Waals surface area (Å²) in [5.74, 6) is 0.526. The number of aryl methyl sites for hydroxylation is 1. The molecule has 0 radical (unpaired) electrons. The summed E-state index contributed by atoms with van der Waals surface area (Å²) in [6.07, 6.45) is -1.34. The Morgan fingerprint density at radius 1 is 1.09 bits per heavy atom. The van der Waals surface area contributed by atoms with Crippen molar-refractivity contribution < 1.29 is 18.0 Å². The normalized spacial score (nSPS) is 11.5. The molecule has 0 aliphatic heterocycles. The summed E-state index contributed by atoms with van der Waals surface area (Å²) < 4.78 is 41.0. The molecule has 7 nitrogen and oxygen atoms in total. The van der Waals surface area contributed by atoms with Gasteiger partial charge in [-0.1, -0.05) is 37.2 Å². The van der Waals surface area contributed by atoms with Crippen molar-refractivity contribution in [2.24, 2.45) is 0 Å². The second-order valence-corrected chi connectivity index (χ2v) is 8.15. The van der Waals surface area contributed by atoms with Crippen LogP contribution in [-0.2, 0) is 12.6 Å². The van der Waals surface area contributed by atoms with E-state index < -0.39 is 17.8 Å². The molecule has 2 N–H and O–H groups in total. The number of alkyl halides is 3. The monoisotopic (exact) mass is 472 g/mol. The third-order valence-corrected chi connectivity index (χ3v) is 5.60. The highest BCUT2D eigenvalue weighted by Crippen LogP contribution is 2.34. The predicted molar refractivity (Wildman–Crippen MR) is 119 cm³/mol. The van der Waals surface area contributed by atoms with E-state index in [0.717, 1.165) is 34.5 Å². The van der Waals surface area contributed by atoms with Crippen LogP contribution in [0, 0.1) is 0 Å². The Bertz CT molecular complexity index is 1270. The summed E-state index contributed by atoms with van der Waals surface area (Å²) in [4.78, 5) is 21.8.